The van der Waals surface area contributed by atoms with Crippen LogP contribution in [0.25, 0.3) is 0 Å². The highest BCUT2D eigenvalue weighted by Gasteiger charge is 2.26. The molecule has 1 aliphatic carbocycles. The number of halogens is 1. The molecule has 2 rings (SSSR count). The zero-order valence-electron chi connectivity index (χ0n) is 12.8. The van der Waals surface area contributed by atoms with Gasteiger partial charge in [-0.1, -0.05) is 19.4 Å². The highest BCUT2D eigenvalue weighted by molar-refractivity contribution is 5.55. The first-order valence-corrected chi connectivity index (χ1v) is 7.73. The van der Waals surface area contributed by atoms with Gasteiger partial charge in [0.15, 0.2) is 0 Å². The van der Waals surface area contributed by atoms with Crippen molar-refractivity contribution in [3.63, 3.8) is 0 Å². The van der Waals surface area contributed by atoms with Gasteiger partial charge in [0.2, 0.25) is 0 Å². The maximum absolute atomic E-state index is 14.0. The summed E-state index contributed by atoms with van der Waals surface area (Å²) in [5.74, 6) is 0.537. The second-order valence-corrected chi connectivity index (χ2v) is 6.04. The molecule has 20 heavy (non-hydrogen) atoms. The van der Waals surface area contributed by atoms with Crippen molar-refractivity contribution in [3.05, 3.63) is 29.6 Å². The molecule has 1 unspecified atom stereocenters. The summed E-state index contributed by atoms with van der Waals surface area (Å²) >= 11 is 0. The number of hydrogen-bond donors (Lipinski definition) is 1. The molecule has 1 saturated carbocycles. The molecule has 0 amide bonds. The van der Waals surface area contributed by atoms with Gasteiger partial charge in [0, 0.05) is 24.3 Å². The normalized spacial score (nSPS) is 24.4. The van der Waals surface area contributed by atoms with Crippen LogP contribution in [0.5, 0.6) is 0 Å². The van der Waals surface area contributed by atoms with E-state index in [1.54, 1.807) is 13.0 Å². The minimum atomic E-state index is -0.777. The highest BCUT2D eigenvalue weighted by Crippen LogP contribution is 2.34. The van der Waals surface area contributed by atoms with Gasteiger partial charge in [-0.25, -0.2) is 4.39 Å². The summed E-state index contributed by atoms with van der Waals surface area (Å²) in [6.45, 7) is 3.89. The maximum atomic E-state index is 14.0. The van der Waals surface area contributed by atoms with E-state index < -0.39 is 6.10 Å². The lowest BCUT2D eigenvalue weighted by molar-refractivity contribution is 0.194. The molecule has 1 N–H and O–H groups in total. The van der Waals surface area contributed by atoms with Gasteiger partial charge in [0.05, 0.1) is 6.10 Å². The van der Waals surface area contributed by atoms with Crippen LogP contribution in [0.3, 0.4) is 0 Å². The number of benzene rings is 1. The fourth-order valence-electron chi connectivity index (χ4n) is 3.38. The van der Waals surface area contributed by atoms with Crippen LogP contribution < -0.4 is 4.90 Å². The van der Waals surface area contributed by atoms with Crippen LogP contribution in [0.4, 0.5) is 10.1 Å². The lowest BCUT2D eigenvalue weighted by atomic mass is 9.84. The third-order valence-electron chi connectivity index (χ3n) is 4.77. The fourth-order valence-corrected chi connectivity index (χ4v) is 3.38. The molecule has 1 aromatic rings. The predicted molar refractivity (Wildman–Crippen MR) is 81.5 cm³/mol. The molecule has 0 aliphatic heterocycles. The summed E-state index contributed by atoms with van der Waals surface area (Å²) in [6, 6.07) is 5.52. The van der Waals surface area contributed by atoms with Gasteiger partial charge < -0.3 is 10.0 Å². The Labute approximate surface area is 121 Å². The molecule has 0 heterocycles. The van der Waals surface area contributed by atoms with Crippen molar-refractivity contribution >= 4 is 5.69 Å². The summed E-state index contributed by atoms with van der Waals surface area (Å²) in [5, 5.41) is 9.85. The van der Waals surface area contributed by atoms with Gasteiger partial charge in [-0.2, -0.15) is 0 Å². The molecule has 0 spiro atoms. The summed E-state index contributed by atoms with van der Waals surface area (Å²) in [6.07, 6.45) is 5.31. The molecule has 0 bridgehead atoms. The van der Waals surface area contributed by atoms with Crippen molar-refractivity contribution in [1.82, 2.24) is 0 Å². The van der Waals surface area contributed by atoms with Crippen LogP contribution in [0.2, 0.25) is 0 Å². The van der Waals surface area contributed by atoms with Gasteiger partial charge in [-0.05, 0) is 50.7 Å². The van der Waals surface area contributed by atoms with Crippen molar-refractivity contribution in [3.8, 4) is 0 Å². The Balaban J connectivity index is 2.17. The largest absolute Gasteiger partial charge is 0.389 e. The van der Waals surface area contributed by atoms with Crippen molar-refractivity contribution < 1.29 is 9.50 Å². The maximum Gasteiger partial charge on any atom is 0.131 e. The Morgan fingerprint density at radius 2 is 1.95 bits per heavy atom. The van der Waals surface area contributed by atoms with Crippen molar-refractivity contribution in [2.24, 2.45) is 5.92 Å². The minimum absolute atomic E-state index is 0.313. The second-order valence-electron chi connectivity index (χ2n) is 6.04. The van der Waals surface area contributed by atoms with Crippen molar-refractivity contribution in [2.45, 2.75) is 58.1 Å². The number of aliphatic hydroxyl groups excluding tert-OH is 1. The van der Waals surface area contributed by atoms with Gasteiger partial charge in [0.1, 0.15) is 5.82 Å². The molecule has 1 aromatic carbocycles. The first-order chi connectivity index (χ1) is 9.54. The number of hydrogen-bond acceptors (Lipinski definition) is 2. The van der Waals surface area contributed by atoms with E-state index in [0.717, 1.165) is 24.4 Å². The molecular weight excluding hydrogens is 253 g/mol. The van der Waals surface area contributed by atoms with E-state index in [0.29, 0.717) is 11.6 Å². The van der Waals surface area contributed by atoms with Gasteiger partial charge in [0.25, 0.3) is 0 Å². The smallest absolute Gasteiger partial charge is 0.131 e. The monoisotopic (exact) mass is 279 g/mol. The molecule has 2 nitrogen and oxygen atoms in total. The molecule has 1 aliphatic rings. The third kappa shape index (κ3) is 3.14. The van der Waals surface area contributed by atoms with E-state index >= 15 is 0 Å². The third-order valence-corrected chi connectivity index (χ3v) is 4.77. The number of anilines is 1. The van der Waals surface area contributed by atoms with Crippen molar-refractivity contribution in [1.29, 1.82) is 0 Å². The molecule has 112 valence electrons. The summed E-state index contributed by atoms with van der Waals surface area (Å²) in [5.41, 5.74) is 1.26. The fraction of sp³-hybridized carbons (Fsp3) is 0.647. The molecule has 1 fully saturated rings. The average Bonchev–Trinajstić information content (AvgIpc) is 2.46. The highest BCUT2D eigenvalue weighted by atomic mass is 19.1. The second kappa shape index (κ2) is 6.57. The van der Waals surface area contributed by atoms with Gasteiger partial charge in [-0.15, -0.1) is 0 Å². The molecular formula is C17H26FNO. The van der Waals surface area contributed by atoms with Crippen LogP contribution >= 0.6 is 0 Å². The molecule has 1 atom stereocenters. The first-order valence-electron chi connectivity index (χ1n) is 7.73. The summed E-state index contributed by atoms with van der Waals surface area (Å²) < 4.78 is 14.0. The molecule has 0 radical (unpaired) electrons. The average molecular weight is 279 g/mol. The topological polar surface area (TPSA) is 23.5 Å². The number of nitrogens with zero attached hydrogens (tertiary/aromatic N) is 1. The van der Waals surface area contributed by atoms with E-state index in [-0.39, 0.29) is 5.82 Å². The zero-order valence-corrected chi connectivity index (χ0v) is 12.8. The van der Waals surface area contributed by atoms with E-state index in [4.69, 9.17) is 0 Å². The summed E-state index contributed by atoms with van der Waals surface area (Å²) in [4.78, 5) is 2.16. The van der Waals surface area contributed by atoms with Crippen LogP contribution in [-0.4, -0.2) is 18.2 Å². The van der Waals surface area contributed by atoms with E-state index in [1.807, 2.05) is 13.1 Å². The Kier molecular flexibility index (Phi) is 5.03. The Morgan fingerprint density at radius 3 is 2.50 bits per heavy atom. The van der Waals surface area contributed by atoms with Crippen LogP contribution in [0.15, 0.2) is 18.2 Å². The lowest BCUT2D eigenvalue weighted by Crippen LogP contribution is -2.36. The minimum Gasteiger partial charge on any atom is -0.389 e. The summed E-state index contributed by atoms with van der Waals surface area (Å²) in [7, 11) is 2.03. The molecule has 0 saturated heterocycles. The Bertz CT molecular complexity index is 439. The van der Waals surface area contributed by atoms with Gasteiger partial charge in [-0.3, -0.25) is 0 Å². The molecule has 0 aromatic heterocycles. The quantitative estimate of drug-likeness (QED) is 0.889. The van der Waals surface area contributed by atoms with E-state index in [9.17, 15) is 9.50 Å². The zero-order chi connectivity index (χ0) is 14.7. The predicted octanol–water partition coefficient (Wildman–Crippen LogP) is 4.28. The van der Waals surface area contributed by atoms with Gasteiger partial charge >= 0.3 is 0 Å². The molecule has 3 heteroatoms. The Morgan fingerprint density at radius 1 is 1.30 bits per heavy atom. The Hall–Kier alpha value is -1.09. The number of aliphatic hydroxyl groups is 1. The standard InChI is InChI=1S/C17H26FNO/c1-4-13-8-10-14(11-9-13)19(3)16-7-5-6-15(18)17(16)12(2)20/h5-7,12-14,20H,4,8-11H2,1-3H3. The van der Waals surface area contributed by atoms with Crippen molar-refractivity contribution in [2.75, 3.05) is 11.9 Å². The lowest BCUT2D eigenvalue weighted by Gasteiger charge is -2.37. The van der Waals surface area contributed by atoms with Crippen LogP contribution in [0.1, 0.15) is 57.6 Å². The number of rotatable bonds is 4. The first kappa shape index (κ1) is 15.3. The van der Waals surface area contributed by atoms with E-state index in [2.05, 4.69) is 11.8 Å². The SMILES string of the molecule is CCC1CCC(N(C)c2cccc(F)c2C(C)O)CC1. The van der Waals surface area contributed by atoms with Crippen LogP contribution in [0, 0.1) is 11.7 Å². The van der Waals surface area contributed by atoms with Crippen LogP contribution in [-0.2, 0) is 0 Å². The van der Waals surface area contributed by atoms with E-state index in [1.165, 1.54) is 25.3 Å².